The second-order valence-electron chi connectivity index (χ2n) is 6.35. The highest BCUT2D eigenvalue weighted by Crippen LogP contribution is 2.22. The fourth-order valence-electron chi connectivity index (χ4n) is 2.50. The largest absolute Gasteiger partial charge is 0.494 e. The van der Waals surface area contributed by atoms with Crippen molar-refractivity contribution in [2.45, 2.75) is 39.0 Å². The standard InChI is InChI=1S/C23H28N2O3/c1-3-19-9-11-20(12-10-19)24-25-21-13-15-22(16-14-21)27-17-7-5-6-8-18-28-23(26)4-2/h4,9-16H,2-3,5-8,17-18H2,1H3. The van der Waals surface area contributed by atoms with E-state index in [4.69, 9.17) is 9.47 Å². The molecular weight excluding hydrogens is 352 g/mol. The van der Waals surface area contributed by atoms with Crippen molar-refractivity contribution in [1.82, 2.24) is 0 Å². The molecule has 2 rings (SSSR count). The van der Waals surface area contributed by atoms with Crippen molar-refractivity contribution in [3.05, 3.63) is 66.7 Å². The fraction of sp³-hybridized carbons (Fsp3) is 0.348. The quantitative estimate of drug-likeness (QED) is 0.187. The van der Waals surface area contributed by atoms with E-state index in [-0.39, 0.29) is 5.97 Å². The van der Waals surface area contributed by atoms with E-state index >= 15 is 0 Å². The van der Waals surface area contributed by atoms with Gasteiger partial charge in [-0.25, -0.2) is 4.79 Å². The van der Waals surface area contributed by atoms with Gasteiger partial charge >= 0.3 is 5.97 Å². The van der Waals surface area contributed by atoms with Crippen LogP contribution < -0.4 is 4.74 Å². The van der Waals surface area contributed by atoms with Gasteiger partial charge in [0, 0.05) is 6.08 Å². The first-order valence-corrected chi connectivity index (χ1v) is 9.74. The summed E-state index contributed by atoms with van der Waals surface area (Å²) in [6.45, 7) is 6.60. The third kappa shape index (κ3) is 8.16. The van der Waals surface area contributed by atoms with Crippen LogP contribution in [0.25, 0.3) is 0 Å². The van der Waals surface area contributed by atoms with E-state index < -0.39 is 0 Å². The Morgan fingerprint density at radius 2 is 1.46 bits per heavy atom. The number of azo groups is 1. The Kier molecular flexibility index (Phi) is 9.49. The summed E-state index contributed by atoms with van der Waals surface area (Å²) >= 11 is 0. The third-order valence-electron chi connectivity index (χ3n) is 4.18. The van der Waals surface area contributed by atoms with Crippen LogP contribution in [0.4, 0.5) is 11.4 Å². The molecule has 0 aliphatic heterocycles. The summed E-state index contributed by atoms with van der Waals surface area (Å²) in [5.41, 5.74) is 2.93. The van der Waals surface area contributed by atoms with Crippen LogP contribution in [-0.2, 0) is 16.0 Å². The molecule has 2 aromatic carbocycles. The van der Waals surface area contributed by atoms with E-state index in [1.165, 1.54) is 11.6 Å². The number of carbonyl (C=O) groups is 1. The molecule has 2 aromatic rings. The lowest BCUT2D eigenvalue weighted by Gasteiger charge is -2.06. The SMILES string of the molecule is C=CC(=O)OCCCCCCOc1ccc(N=Nc2ccc(CC)cc2)cc1. The molecule has 0 amide bonds. The average molecular weight is 380 g/mol. The topological polar surface area (TPSA) is 60.2 Å². The van der Waals surface area contributed by atoms with Crippen LogP contribution in [0.2, 0.25) is 0 Å². The van der Waals surface area contributed by atoms with Crippen LogP contribution in [0.3, 0.4) is 0 Å². The van der Waals surface area contributed by atoms with Gasteiger partial charge in [-0.05, 0) is 74.1 Å². The molecule has 5 heteroatoms. The lowest BCUT2D eigenvalue weighted by molar-refractivity contribution is -0.137. The fourth-order valence-corrected chi connectivity index (χ4v) is 2.50. The maximum absolute atomic E-state index is 10.9. The Hall–Kier alpha value is -2.95. The average Bonchev–Trinajstić information content (AvgIpc) is 2.75. The number of benzene rings is 2. The van der Waals surface area contributed by atoms with Crippen molar-refractivity contribution in [3.8, 4) is 5.75 Å². The lowest BCUT2D eigenvalue weighted by Crippen LogP contribution is -2.02. The normalized spacial score (nSPS) is 10.8. The lowest BCUT2D eigenvalue weighted by atomic mass is 10.2. The summed E-state index contributed by atoms with van der Waals surface area (Å²) < 4.78 is 10.7. The van der Waals surface area contributed by atoms with Crippen molar-refractivity contribution in [2.24, 2.45) is 10.2 Å². The Morgan fingerprint density at radius 1 is 0.893 bits per heavy atom. The highest BCUT2D eigenvalue weighted by Gasteiger charge is 1.98. The van der Waals surface area contributed by atoms with Gasteiger partial charge in [-0.1, -0.05) is 25.6 Å². The zero-order valence-electron chi connectivity index (χ0n) is 16.5. The number of unbranched alkanes of at least 4 members (excludes halogenated alkanes) is 3. The maximum atomic E-state index is 10.9. The first-order valence-electron chi connectivity index (χ1n) is 9.74. The van der Waals surface area contributed by atoms with E-state index in [1.807, 2.05) is 36.4 Å². The molecule has 0 aliphatic carbocycles. The second-order valence-corrected chi connectivity index (χ2v) is 6.35. The second kappa shape index (κ2) is 12.4. The van der Waals surface area contributed by atoms with Gasteiger partial charge in [0.1, 0.15) is 5.75 Å². The van der Waals surface area contributed by atoms with Crippen LogP contribution >= 0.6 is 0 Å². The third-order valence-corrected chi connectivity index (χ3v) is 4.18. The molecule has 0 saturated carbocycles. The number of esters is 1. The predicted molar refractivity (Wildman–Crippen MR) is 112 cm³/mol. The van der Waals surface area contributed by atoms with Gasteiger partial charge in [-0.2, -0.15) is 10.2 Å². The van der Waals surface area contributed by atoms with Gasteiger partial charge in [0.15, 0.2) is 0 Å². The van der Waals surface area contributed by atoms with Gasteiger partial charge in [-0.3, -0.25) is 0 Å². The monoisotopic (exact) mass is 380 g/mol. The summed E-state index contributed by atoms with van der Waals surface area (Å²) in [7, 11) is 0. The molecule has 0 atom stereocenters. The molecule has 0 aliphatic rings. The molecule has 0 aromatic heterocycles. The molecule has 5 nitrogen and oxygen atoms in total. The zero-order valence-corrected chi connectivity index (χ0v) is 16.5. The predicted octanol–water partition coefficient (Wildman–Crippen LogP) is 6.33. The zero-order chi connectivity index (χ0) is 20.0. The summed E-state index contributed by atoms with van der Waals surface area (Å²) in [5.74, 6) is 0.465. The van der Waals surface area contributed by atoms with Gasteiger partial charge in [0.2, 0.25) is 0 Å². The van der Waals surface area contributed by atoms with Gasteiger partial charge in [0.05, 0.1) is 24.6 Å². The van der Waals surface area contributed by atoms with Crippen LogP contribution in [0.15, 0.2) is 71.4 Å². The summed E-state index contributed by atoms with van der Waals surface area (Å²) in [5, 5.41) is 8.51. The van der Waals surface area contributed by atoms with Gasteiger partial charge in [0.25, 0.3) is 0 Å². The molecule has 0 unspecified atom stereocenters. The molecule has 0 heterocycles. The van der Waals surface area contributed by atoms with Crippen LogP contribution in [-0.4, -0.2) is 19.2 Å². The molecule has 0 radical (unpaired) electrons. The Morgan fingerprint density at radius 3 is 2.04 bits per heavy atom. The van der Waals surface area contributed by atoms with E-state index in [2.05, 4.69) is 35.9 Å². The molecule has 148 valence electrons. The highest BCUT2D eigenvalue weighted by atomic mass is 16.5. The van der Waals surface area contributed by atoms with E-state index in [9.17, 15) is 4.79 Å². The van der Waals surface area contributed by atoms with Gasteiger partial charge in [-0.15, -0.1) is 0 Å². The van der Waals surface area contributed by atoms with Crippen molar-refractivity contribution in [1.29, 1.82) is 0 Å². The molecule has 0 N–H and O–H groups in total. The first-order chi connectivity index (χ1) is 13.7. The smallest absolute Gasteiger partial charge is 0.330 e. The Bertz CT molecular complexity index is 752. The molecule has 0 saturated heterocycles. The number of aryl methyl sites for hydroxylation is 1. The minimum atomic E-state index is -0.360. The maximum Gasteiger partial charge on any atom is 0.330 e. The van der Waals surface area contributed by atoms with E-state index in [1.54, 1.807) is 0 Å². The number of carbonyl (C=O) groups excluding carboxylic acids is 1. The minimum absolute atomic E-state index is 0.360. The van der Waals surface area contributed by atoms with Crippen LogP contribution in [0, 0.1) is 0 Å². The Labute approximate surface area is 167 Å². The molecular formula is C23H28N2O3. The highest BCUT2D eigenvalue weighted by molar-refractivity contribution is 5.81. The van der Waals surface area contributed by atoms with Crippen molar-refractivity contribution in [2.75, 3.05) is 13.2 Å². The molecule has 0 fully saturated rings. The summed E-state index contributed by atoms with van der Waals surface area (Å²) in [4.78, 5) is 10.9. The Balaban J connectivity index is 1.63. The summed E-state index contributed by atoms with van der Waals surface area (Å²) in [6.07, 6.45) is 6.07. The molecule has 28 heavy (non-hydrogen) atoms. The van der Waals surface area contributed by atoms with Crippen molar-refractivity contribution >= 4 is 17.3 Å². The van der Waals surface area contributed by atoms with Crippen LogP contribution in [0.5, 0.6) is 5.75 Å². The van der Waals surface area contributed by atoms with E-state index in [0.29, 0.717) is 13.2 Å². The number of ether oxygens (including phenoxy) is 2. The number of hydrogen-bond acceptors (Lipinski definition) is 5. The van der Waals surface area contributed by atoms with Crippen molar-refractivity contribution < 1.29 is 14.3 Å². The molecule has 0 spiro atoms. The number of hydrogen-bond donors (Lipinski definition) is 0. The summed E-state index contributed by atoms with van der Waals surface area (Å²) in [6, 6.07) is 15.7. The van der Waals surface area contributed by atoms with Gasteiger partial charge < -0.3 is 9.47 Å². The van der Waals surface area contributed by atoms with E-state index in [0.717, 1.165) is 49.2 Å². The van der Waals surface area contributed by atoms with Crippen LogP contribution in [0.1, 0.15) is 38.2 Å². The first kappa shape index (κ1) is 21.4. The number of rotatable bonds is 12. The molecule has 0 bridgehead atoms. The minimum Gasteiger partial charge on any atom is -0.494 e. The number of nitrogens with zero attached hydrogens (tertiary/aromatic N) is 2. The van der Waals surface area contributed by atoms with Crippen molar-refractivity contribution in [3.63, 3.8) is 0 Å².